The number of hydrogen-bond donors (Lipinski definition) is 1. The molecule has 70 valence electrons. The molecule has 1 atom stereocenters. The highest BCUT2D eigenvalue weighted by Crippen LogP contribution is 2.24. The smallest absolute Gasteiger partial charge is 0.114 e. The second-order valence-electron chi connectivity index (χ2n) is 3.93. The van der Waals surface area contributed by atoms with Crippen LogP contribution in [0.3, 0.4) is 0 Å². The van der Waals surface area contributed by atoms with Crippen LogP contribution in [0.2, 0.25) is 0 Å². The van der Waals surface area contributed by atoms with Crippen LogP contribution in [-0.2, 0) is 4.74 Å². The number of hydrogen-bond acceptors (Lipinski definition) is 2. The monoisotopic (exact) mass is 177 g/mol. The highest BCUT2D eigenvalue weighted by molar-refractivity contribution is 5.20. The summed E-state index contributed by atoms with van der Waals surface area (Å²) < 4.78 is 5.60. The average Bonchev–Trinajstić information content (AvgIpc) is 2.48. The van der Waals surface area contributed by atoms with E-state index >= 15 is 0 Å². The van der Waals surface area contributed by atoms with Crippen molar-refractivity contribution >= 4 is 0 Å². The van der Waals surface area contributed by atoms with Gasteiger partial charge in [-0.25, -0.2) is 0 Å². The molecule has 2 rings (SSSR count). The zero-order chi connectivity index (χ0) is 9.31. The molecule has 1 aliphatic heterocycles. The van der Waals surface area contributed by atoms with Crippen LogP contribution in [0.15, 0.2) is 30.3 Å². The molecule has 1 heterocycles. The second kappa shape index (κ2) is 3.13. The first-order chi connectivity index (χ1) is 6.17. The van der Waals surface area contributed by atoms with Crippen LogP contribution in [0.4, 0.5) is 0 Å². The van der Waals surface area contributed by atoms with E-state index in [1.807, 2.05) is 6.07 Å². The lowest BCUT2D eigenvalue weighted by molar-refractivity contribution is 0.0231. The third-order valence-electron chi connectivity index (χ3n) is 2.33. The minimum atomic E-state index is -0.180. The Kier molecular flexibility index (Phi) is 2.10. The molecule has 0 unspecified atom stereocenters. The Morgan fingerprint density at radius 1 is 1.31 bits per heavy atom. The van der Waals surface area contributed by atoms with Crippen LogP contribution < -0.4 is 5.32 Å². The summed E-state index contributed by atoms with van der Waals surface area (Å²) in [5.74, 6) is 0. The standard InChI is InChI=1S/C11H15NO/c1-11(2)12-10(8-13-11)9-6-4-3-5-7-9/h3-7,10,12H,8H2,1-2H3/t10-/m1/s1. The highest BCUT2D eigenvalue weighted by atomic mass is 16.5. The first-order valence-electron chi connectivity index (χ1n) is 4.64. The summed E-state index contributed by atoms with van der Waals surface area (Å²) >= 11 is 0. The fourth-order valence-electron chi connectivity index (χ4n) is 1.66. The lowest BCUT2D eigenvalue weighted by atomic mass is 10.1. The van der Waals surface area contributed by atoms with Crippen molar-refractivity contribution in [3.63, 3.8) is 0 Å². The van der Waals surface area contributed by atoms with Gasteiger partial charge in [-0.3, -0.25) is 5.32 Å². The minimum absolute atomic E-state index is 0.180. The van der Waals surface area contributed by atoms with Crippen LogP contribution in [0.1, 0.15) is 25.5 Å². The predicted octanol–water partition coefficient (Wildman–Crippen LogP) is 2.08. The molecule has 1 aromatic rings. The molecule has 0 amide bonds. The Labute approximate surface area is 78.9 Å². The van der Waals surface area contributed by atoms with Crippen LogP contribution in [0, 0.1) is 0 Å². The summed E-state index contributed by atoms with van der Waals surface area (Å²) in [6.07, 6.45) is 0. The summed E-state index contributed by atoms with van der Waals surface area (Å²) in [4.78, 5) is 0. The molecule has 13 heavy (non-hydrogen) atoms. The van der Waals surface area contributed by atoms with Gasteiger partial charge in [-0.2, -0.15) is 0 Å². The molecule has 0 aliphatic carbocycles. The normalized spacial score (nSPS) is 26.2. The molecule has 1 fully saturated rings. The Bertz CT molecular complexity index is 281. The summed E-state index contributed by atoms with van der Waals surface area (Å²) in [5.41, 5.74) is 1.12. The van der Waals surface area contributed by atoms with Gasteiger partial charge in [0.1, 0.15) is 5.72 Å². The van der Waals surface area contributed by atoms with Gasteiger partial charge in [0, 0.05) is 0 Å². The zero-order valence-electron chi connectivity index (χ0n) is 8.08. The molecule has 0 spiro atoms. The summed E-state index contributed by atoms with van der Waals surface area (Å²) in [5, 5.41) is 3.42. The molecule has 0 saturated carbocycles. The van der Waals surface area contributed by atoms with Gasteiger partial charge in [0.15, 0.2) is 0 Å². The topological polar surface area (TPSA) is 21.3 Å². The van der Waals surface area contributed by atoms with E-state index in [-0.39, 0.29) is 5.72 Å². The van der Waals surface area contributed by atoms with E-state index in [1.54, 1.807) is 0 Å². The van der Waals surface area contributed by atoms with E-state index in [0.29, 0.717) is 6.04 Å². The van der Waals surface area contributed by atoms with Crippen molar-refractivity contribution in [2.45, 2.75) is 25.6 Å². The number of nitrogens with one attached hydrogen (secondary N) is 1. The van der Waals surface area contributed by atoms with Crippen LogP contribution >= 0.6 is 0 Å². The fraction of sp³-hybridized carbons (Fsp3) is 0.455. The Balaban J connectivity index is 2.13. The third kappa shape index (κ3) is 1.90. The molecule has 1 saturated heterocycles. The molecule has 0 radical (unpaired) electrons. The fourth-order valence-corrected chi connectivity index (χ4v) is 1.66. The average molecular weight is 177 g/mol. The Morgan fingerprint density at radius 2 is 2.00 bits per heavy atom. The zero-order valence-corrected chi connectivity index (χ0v) is 8.08. The molecule has 1 aromatic carbocycles. The first kappa shape index (κ1) is 8.73. The second-order valence-corrected chi connectivity index (χ2v) is 3.93. The maximum atomic E-state index is 5.60. The van der Waals surface area contributed by atoms with Crippen molar-refractivity contribution in [3.8, 4) is 0 Å². The molecule has 2 heteroatoms. The van der Waals surface area contributed by atoms with E-state index in [2.05, 4.69) is 43.4 Å². The van der Waals surface area contributed by atoms with Gasteiger partial charge in [0.2, 0.25) is 0 Å². The van der Waals surface area contributed by atoms with Gasteiger partial charge in [-0.1, -0.05) is 30.3 Å². The molecule has 0 bridgehead atoms. The molecular weight excluding hydrogens is 162 g/mol. The molecule has 0 aromatic heterocycles. The quantitative estimate of drug-likeness (QED) is 0.709. The first-order valence-corrected chi connectivity index (χ1v) is 4.64. The van der Waals surface area contributed by atoms with Crippen molar-refractivity contribution < 1.29 is 4.74 Å². The lowest BCUT2D eigenvalue weighted by Gasteiger charge is -2.18. The van der Waals surface area contributed by atoms with Gasteiger partial charge < -0.3 is 4.74 Å². The van der Waals surface area contributed by atoms with Crippen molar-refractivity contribution in [1.29, 1.82) is 0 Å². The molecular formula is C11H15NO. The van der Waals surface area contributed by atoms with E-state index in [1.165, 1.54) is 5.56 Å². The van der Waals surface area contributed by atoms with Crippen molar-refractivity contribution in [2.75, 3.05) is 6.61 Å². The number of rotatable bonds is 1. The number of ether oxygens (including phenoxy) is 1. The minimum Gasteiger partial charge on any atom is -0.359 e. The third-order valence-corrected chi connectivity index (χ3v) is 2.33. The van der Waals surface area contributed by atoms with Gasteiger partial charge in [-0.05, 0) is 19.4 Å². The van der Waals surface area contributed by atoms with Gasteiger partial charge in [-0.15, -0.1) is 0 Å². The largest absolute Gasteiger partial charge is 0.359 e. The van der Waals surface area contributed by atoms with Crippen molar-refractivity contribution in [2.24, 2.45) is 0 Å². The van der Waals surface area contributed by atoms with Crippen LogP contribution in [0.25, 0.3) is 0 Å². The van der Waals surface area contributed by atoms with Gasteiger partial charge in [0.25, 0.3) is 0 Å². The summed E-state index contributed by atoms with van der Waals surface area (Å²) in [7, 11) is 0. The van der Waals surface area contributed by atoms with E-state index in [4.69, 9.17) is 4.74 Å². The highest BCUT2D eigenvalue weighted by Gasteiger charge is 2.31. The SMILES string of the molecule is CC1(C)N[C@@H](c2ccccc2)CO1. The molecule has 2 nitrogen and oxygen atoms in total. The summed E-state index contributed by atoms with van der Waals surface area (Å²) in [6.45, 7) is 4.86. The van der Waals surface area contributed by atoms with E-state index in [0.717, 1.165) is 6.61 Å². The van der Waals surface area contributed by atoms with Crippen molar-refractivity contribution in [1.82, 2.24) is 5.32 Å². The predicted molar refractivity (Wildman–Crippen MR) is 52.3 cm³/mol. The maximum Gasteiger partial charge on any atom is 0.114 e. The van der Waals surface area contributed by atoms with Crippen LogP contribution in [0.5, 0.6) is 0 Å². The Morgan fingerprint density at radius 3 is 2.54 bits per heavy atom. The van der Waals surface area contributed by atoms with Gasteiger partial charge >= 0.3 is 0 Å². The van der Waals surface area contributed by atoms with E-state index in [9.17, 15) is 0 Å². The maximum absolute atomic E-state index is 5.60. The summed E-state index contributed by atoms with van der Waals surface area (Å²) in [6, 6.07) is 10.7. The Hall–Kier alpha value is -0.860. The van der Waals surface area contributed by atoms with Gasteiger partial charge in [0.05, 0.1) is 12.6 Å². The van der Waals surface area contributed by atoms with Crippen molar-refractivity contribution in [3.05, 3.63) is 35.9 Å². The molecule has 1 aliphatic rings. The van der Waals surface area contributed by atoms with Crippen LogP contribution in [-0.4, -0.2) is 12.3 Å². The lowest BCUT2D eigenvalue weighted by Crippen LogP contribution is -2.34. The number of benzene rings is 1. The van der Waals surface area contributed by atoms with E-state index < -0.39 is 0 Å². The molecule has 1 N–H and O–H groups in total.